The van der Waals surface area contributed by atoms with Crippen LogP contribution in [0.5, 0.6) is 0 Å². The lowest BCUT2D eigenvalue weighted by molar-refractivity contribution is -0.127. The standard InChI is InChI=1S/C21H21F3N2O3/c1-12(2)20(29)19-18(26(13(3)27)14(4)28)9-17(11-25-19)16-7-5-6-15(8-16)10-21(22,23)24/h5-9,11-12H,10H2,1-4H3. The van der Waals surface area contributed by atoms with Crippen molar-refractivity contribution in [2.75, 3.05) is 4.90 Å². The van der Waals surface area contributed by atoms with Crippen molar-refractivity contribution >= 4 is 23.3 Å². The van der Waals surface area contributed by atoms with E-state index in [9.17, 15) is 27.6 Å². The second-order valence-corrected chi connectivity index (χ2v) is 6.98. The Morgan fingerprint density at radius 2 is 1.66 bits per heavy atom. The summed E-state index contributed by atoms with van der Waals surface area (Å²) in [7, 11) is 0. The van der Waals surface area contributed by atoms with Gasteiger partial charge < -0.3 is 0 Å². The summed E-state index contributed by atoms with van der Waals surface area (Å²) < 4.78 is 38.1. The maximum atomic E-state index is 12.7. The molecule has 2 rings (SSSR count). The van der Waals surface area contributed by atoms with E-state index in [1.54, 1.807) is 19.9 Å². The molecular formula is C21H21F3N2O3. The molecular weight excluding hydrogens is 385 g/mol. The third kappa shape index (κ3) is 5.49. The topological polar surface area (TPSA) is 67.3 Å². The van der Waals surface area contributed by atoms with E-state index in [0.29, 0.717) is 11.1 Å². The number of imide groups is 1. The highest BCUT2D eigenvalue weighted by Gasteiger charge is 2.28. The number of halogens is 3. The SMILES string of the molecule is CC(=O)N(C(C)=O)c1cc(-c2cccc(CC(F)(F)F)c2)cnc1C(=O)C(C)C. The van der Waals surface area contributed by atoms with Crippen molar-refractivity contribution in [3.8, 4) is 11.1 Å². The molecule has 1 aromatic carbocycles. The fraction of sp³-hybridized carbons (Fsp3) is 0.333. The van der Waals surface area contributed by atoms with Crippen LogP contribution in [0.15, 0.2) is 36.5 Å². The quantitative estimate of drug-likeness (QED) is 0.681. The molecule has 8 heteroatoms. The molecule has 0 aliphatic carbocycles. The van der Waals surface area contributed by atoms with Crippen LogP contribution < -0.4 is 4.90 Å². The molecule has 0 saturated carbocycles. The van der Waals surface area contributed by atoms with Gasteiger partial charge in [-0.1, -0.05) is 38.1 Å². The minimum atomic E-state index is -4.35. The van der Waals surface area contributed by atoms with E-state index in [1.165, 1.54) is 44.3 Å². The average Bonchev–Trinajstić information content (AvgIpc) is 2.59. The van der Waals surface area contributed by atoms with E-state index in [2.05, 4.69) is 4.98 Å². The van der Waals surface area contributed by atoms with Gasteiger partial charge in [0.05, 0.1) is 12.1 Å². The third-order valence-electron chi connectivity index (χ3n) is 4.16. The van der Waals surface area contributed by atoms with Gasteiger partial charge in [-0.15, -0.1) is 0 Å². The Bertz CT molecular complexity index is 938. The maximum absolute atomic E-state index is 12.7. The van der Waals surface area contributed by atoms with Gasteiger partial charge in [0.1, 0.15) is 5.69 Å². The molecule has 0 fully saturated rings. The highest BCUT2D eigenvalue weighted by molar-refractivity contribution is 6.17. The number of hydrogen-bond acceptors (Lipinski definition) is 4. The van der Waals surface area contributed by atoms with Crippen LogP contribution in [-0.4, -0.2) is 28.8 Å². The highest BCUT2D eigenvalue weighted by Crippen LogP contribution is 2.30. The number of hydrogen-bond donors (Lipinski definition) is 0. The lowest BCUT2D eigenvalue weighted by Crippen LogP contribution is -2.35. The van der Waals surface area contributed by atoms with E-state index in [-0.39, 0.29) is 22.7 Å². The Morgan fingerprint density at radius 1 is 1.03 bits per heavy atom. The number of aromatic nitrogens is 1. The summed E-state index contributed by atoms with van der Waals surface area (Å²) in [5.74, 6) is -1.98. The van der Waals surface area contributed by atoms with Crippen molar-refractivity contribution in [3.05, 3.63) is 47.8 Å². The number of amides is 2. The smallest absolute Gasteiger partial charge is 0.292 e. The summed E-state index contributed by atoms with van der Waals surface area (Å²) in [6.45, 7) is 5.69. The molecule has 2 amide bonds. The van der Waals surface area contributed by atoms with Crippen LogP contribution in [0, 0.1) is 5.92 Å². The minimum Gasteiger partial charge on any atom is -0.292 e. The summed E-state index contributed by atoms with van der Waals surface area (Å²) in [6.07, 6.45) is -4.09. The Morgan fingerprint density at radius 3 is 2.17 bits per heavy atom. The molecule has 0 N–H and O–H groups in total. The predicted octanol–water partition coefficient (Wildman–Crippen LogP) is 4.59. The first-order chi connectivity index (χ1) is 13.4. The molecule has 29 heavy (non-hydrogen) atoms. The lowest BCUT2D eigenvalue weighted by Gasteiger charge is -2.21. The molecule has 0 bridgehead atoms. The Kier molecular flexibility index (Phi) is 6.56. The van der Waals surface area contributed by atoms with Gasteiger partial charge in [-0.3, -0.25) is 19.4 Å². The number of anilines is 1. The molecule has 1 heterocycles. The largest absolute Gasteiger partial charge is 0.393 e. The van der Waals surface area contributed by atoms with Crippen molar-refractivity contribution < 1.29 is 27.6 Å². The van der Waals surface area contributed by atoms with Gasteiger partial charge in [0.25, 0.3) is 0 Å². The van der Waals surface area contributed by atoms with Gasteiger partial charge >= 0.3 is 6.18 Å². The monoisotopic (exact) mass is 406 g/mol. The van der Waals surface area contributed by atoms with E-state index in [4.69, 9.17) is 0 Å². The van der Waals surface area contributed by atoms with Gasteiger partial charge in [0.2, 0.25) is 11.8 Å². The normalized spacial score (nSPS) is 11.4. The molecule has 0 spiro atoms. The number of ketones is 1. The van der Waals surface area contributed by atoms with Crippen LogP contribution >= 0.6 is 0 Å². The molecule has 0 radical (unpaired) electrons. The van der Waals surface area contributed by atoms with Gasteiger partial charge in [-0.2, -0.15) is 13.2 Å². The number of rotatable bonds is 5. The van der Waals surface area contributed by atoms with Crippen LogP contribution in [0.1, 0.15) is 43.7 Å². The molecule has 154 valence electrons. The first kappa shape index (κ1) is 22.3. The summed E-state index contributed by atoms with van der Waals surface area (Å²) in [5.41, 5.74) is 0.852. The Balaban J connectivity index is 2.63. The summed E-state index contributed by atoms with van der Waals surface area (Å²) in [6, 6.07) is 7.23. The second kappa shape index (κ2) is 8.55. The van der Waals surface area contributed by atoms with Crippen molar-refractivity contribution in [2.45, 2.75) is 40.3 Å². The van der Waals surface area contributed by atoms with Gasteiger partial charge in [-0.05, 0) is 17.2 Å². The number of carbonyl (C=O) groups is 3. The molecule has 1 aromatic heterocycles. The van der Waals surface area contributed by atoms with Crippen molar-refractivity contribution in [3.63, 3.8) is 0 Å². The summed E-state index contributed by atoms with van der Waals surface area (Å²) in [5, 5.41) is 0. The van der Waals surface area contributed by atoms with Crippen LogP contribution in [0.4, 0.5) is 18.9 Å². The zero-order chi connectivity index (χ0) is 21.9. The molecule has 2 aromatic rings. The fourth-order valence-corrected chi connectivity index (χ4v) is 2.90. The highest BCUT2D eigenvalue weighted by atomic mass is 19.4. The number of alkyl halides is 3. The molecule has 5 nitrogen and oxygen atoms in total. The van der Waals surface area contributed by atoms with E-state index in [0.717, 1.165) is 4.90 Å². The van der Waals surface area contributed by atoms with Crippen LogP contribution in [0.2, 0.25) is 0 Å². The number of nitrogens with zero attached hydrogens (tertiary/aromatic N) is 2. The van der Waals surface area contributed by atoms with Crippen molar-refractivity contribution in [2.24, 2.45) is 5.92 Å². The van der Waals surface area contributed by atoms with Crippen LogP contribution in [-0.2, 0) is 16.0 Å². The molecule has 0 atom stereocenters. The number of carbonyl (C=O) groups excluding carboxylic acids is 3. The second-order valence-electron chi connectivity index (χ2n) is 6.98. The minimum absolute atomic E-state index is 0.0161. The van der Waals surface area contributed by atoms with E-state index in [1.807, 2.05) is 0 Å². The van der Waals surface area contributed by atoms with E-state index < -0.39 is 30.3 Å². The molecule has 0 aliphatic rings. The van der Waals surface area contributed by atoms with Crippen LogP contribution in [0.3, 0.4) is 0 Å². The zero-order valence-corrected chi connectivity index (χ0v) is 16.5. The molecule has 0 unspecified atom stereocenters. The van der Waals surface area contributed by atoms with E-state index >= 15 is 0 Å². The maximum Gasteiger partial charge on any atom is 0.393 e. The summed E-state index contributed by atoms with van der Waals surface area (Å²) >= 11 is 0. The average molecular weight is 406 g/mol. The third-order valence-corrected chi connectivity index (χ3v) is 4.16. The zero-order valence-electron chi connectivity index (χ0n) is 16.5. The van der Waals surface area contributed by atoms with Gasteiger partial charge in [0.15, 0.2) is 5.78 Å². The Hall–Kier alpha value is -3.03. The van der Waals surface area contributed by atoms with Crippen molar-refractivity contribution in [1.29, 1.82) is 0 Å². The predicted molar refractivity (Wildman–Crippen MR) is 102 cm³/mol. The molecule has 0 aliphatic heterocycles. The number of Topliss-reactive ketones (excluding diaryl/α,β-unsaturated/α-hetero) is 1. The van der Waals surface area contributed by atoms with Gasteiger partial charge in [-0.25, -0.2) is 4.90 Å². The Labute approximate surface area is 166 Å². The first-order valence-electron chi connectivity index (χ1n) is 8.92. The molecule has 0 saturated heterocycles. The fourth-order valence-electron chi connectivity index (χ4n) is 2.90. The first-order valence-corrected chi connectivity index (χ1v) is 8.92. The number of pyridine rings is 1. The lowest BCUT2D eigenvalue weighted by atomic mass is 9.99. The van der Waals surface area contributed by atoms with Crippen molar-refractivity contribution in [1.82, 2.24) is 4.98 Å². The summed E-state index contributed by atoms with van der Waals surface area (Å²) in [4.78, 5) is 41.6. The van der Waals surface area contributed by atoms with Crippen LogP contribution in [0.25, 0.3) is 11.1 Å². The number of benzene rings is 1. The van der Waals surface area contributed by atoms with Gasteiger partial charge in [0, 0.05) is 31.5 Å².